The van der Waals surface area contributed by atoms with Crippen molar-refractivity contribution < 1.29 is 0 Å². The highest BCUT2D eigenvalue weighted by atomic mass is 79.9. The summed E-state index contributed by atoms with van der Waals surface area (Å²) >= 11 is 3.45. The third kappa shape index (κ3) is 2.46. The van der Waals surface area contributed by atoms with Crippen molar-refractivity contribution in [1.82, 2.24) is 0 Å². The molecule has 2 heteroatoms. The first-order valence-electron chi connectivity index (χ1n) is 3.89. The van der Waals surface area contributed by atoms with Gasteiger partial charge in [-0.2, -0.15) is 0 Å². The fraction of sp³-hybridized carbons (Fsp3) is 0.333. The third-order valence-electron chi connectivity index (χ3n) is 1.82. The number of benzene rings is 1. The number of rotatable bonds is 2. The highest BCUT2D eigenvalue weighted by molar-refractivity contribution is 9.23. The largest absolute Gasteiger partial charge is 0.507 e. The number of hydrogen-bond acceptors (Lipinski definition) is 0. The van der Waals surface area contributed by atoms with Crippen LogP contribution in [0.2, 0.25) is 0 Å². The van der Waals surface area contributed by atoms with Crippen molar-refractivity contribution in [1.29, 1.82) is 0 Å². The van der Waals surface area contributed by atoms with E-state index in [-0.39, 0.29) is 18.2 Å². The summed E-state index contributed by atoms with van der Waals surface area (Å²) in [4.78, 5) is 0. The van der Waals surface area contributed by atoms with Crippen LogP contribution in [0.3, 0.4) is 0 Å². The molecular formula is C9H11BrMg. The van der Waals surface area contributed by atoms with Gasteiger partial charge in [-0.15, -0.1) is 3.69 Å². The molecule has 0 saturated heterocycles. The monoisotopic (exact) mass is 222 g/mol. The topological polar surface area (TPSA) is 0 Å². The van der Waals surface area contributed by atoms with Crippen molar-refractivity contribution in [3.05, 3.63) is 29.8 Å². The molecule has 56 valence electrons. The fourth-order valence-corrected chi connectivity index (χ4v) is 3.66. The molecule has 0 spiro atoms. The standard InChI is InChI=1S/C9H11.BrH.Mg/c1-8(2)9-6-4-3-5-7-9;;/h3-6,8H,1-2H3;1H;/q;;+1/p-1. The molecule has 0 bridgehead atoms. The van der Waals surface area contributed by atoms with E-state index in [4.69, 9.17) is 0 Å². The van der Waals surface area contributed by atoms with E-state index >= 15 is 0 Å². The van der Waals surface area contributed by atoms with Crippen LogP contribution in [0.15, 0.2) is 24.3 Å². The van der Waals surface area contributed by atoms with Gasteiger partial charge in [0.25, 0.3) is 0 Å². The molecule has 1 aromatic rings. The van der Waals surface area contributed by atoms with E-state index in [2.05, 4.69) is 51.0 Å². The van der Waals surface area contributed by atoms with Crippen LogP contribution in [-0.2, 0) is 0 Å². The van der Waals surface area contributed by atoms with Crippen molar-refractivity contribution in [3.63, 3.8) is 0 Å². The van der Waals surface area contributed by atoms with Crippen molar-refractivity contribution in [2.24, 2.45) is 0 Å². The zero-order chi connectivity index (χ0) is 8.27. The minimum atomic E-state index is -0.168. The molecule has 0 aliphatic heterocycles. The average Bonchev–Trinajstić information content (AvgIpc) is 2.04. The van der Waals surface area contributed by atoms with Crippen LogP contribution in [0.25, 0.3) is 0 Å². The van der Waals surface area contributed by atoms with Gasteiger partial charge in [0, 0.05) is 0 Å². The van der Waals surface area contributed by atoms with Crippen LogP contribution < -0.4 is 3.69 Å². The lowest BCUT2D eigenvalue weighted by Crippen LogP contribution is -2.15. The first kappa shape index (κ1) is 9.55. The molecule has 0 fully saturated rings. The van der Waals surface area contributed by atoms with Crippen molar-refractivity contribution in [3.8, 4) is 0 Å². The van der Waals surface area contributed by atoms with Crippen LogP contribution in [0.5, 0.6) is 0 Å². The van der Waals surface area contributed by atoms with Gasteiger partial charge in [0.05, 0.1) is 0 Å². The summed E-state index contributed by atoms with van der Waals surface area (Å²) in [5, 5.41) is 0. The van der Waals surface area contributed by atoms with Crippen LogP contribution >= 0.6 is 12.9 Å². The second-order valence-corrected chi connectivity index (χ2v) is 5.70. The summed E-state index contributed by atoms with van der Waals surface area (Å²) < 4.78 is 1.54. The van der Waals surface area contributed by atoms with Gasteiger partial charge in [-0.3, -0.25) is 12.9 Å². The lowest BCUT2D eigenvalue weighted by molar-refractivity contribution is 0.873. The van der Waals surface area contributed by atoms with Gasteiger partial charge < -0.3 is 0 Å². The SMILES string of the molecule is CC(C)c1cccc[c]1[Mg][Br]. The van der Waals surface area contributed by atoms with Gasteiger partial charge in [0.2, 0.25) is 0 Å². The van der Waals surface area contributed by atoms with Crippen LogP contribution in [0.4, 0.5) is 0 Å². The van der Waals surface area contributed by atoms with E-state index in [1.54, 1.807) is 3.69 Å². The lowest BCUT2D eigenvalue weighted by atomic mass is 10.0. The summed E-state index contributed by atoms with van der Waals surface area (Å²) in [7, 11) is 0. The Labute approximate surface area is 84.0 Å². The summed E-state index contributed by atoms with van der Waals surface area (Å²) in [6.45, 7) is 4.49. The van der Waals surface area contributed by atoms with E-state index in [0.29, 0.717) is 5.92 Å². The fourth-order valence-electron chi connectivity index (χ4n) is 1.22. The Morgan fingerprint density at radius 2 is 1.91 bits per heavy atom. The van der Waals surface area contributed by atoms with E-state index in [9.17, 15) is 0 Å². The van der Waals surface area contributed by atoms with E-state index in [1.807, 2.05) is 0 Å². The maximum absolute atomic E-state index is 3.62. The number of hydrogen-bond donors (Lipinski definition) is 0. The number of halogens is 1. The zero-order valence-corrected chi connectivity index (χ0v) is 9.97. The predicted octanol–water partition coefficient (Wildman–Crippen LogP) is 2.45. The van der Waals surface area contributed by atoms with Gasteiger partial charge in [0.15, 0.2) is 0 Å². The molecule has 0 unspecified atom stereocenters. The third-order valence-corrected chi connectivity index (χ3v) is 4.57. The molecule has 1 aromatic carbocycles. The van der Waals surface area contributed by atoms with Crippen LogP contribution in [0, 0.1) is 0 Å². The van der Waals surface area contributed by atoms with Gasteiger partial charge in [-0.25, -0.2) is 0 Å². The van der Waals surface area contributed by atoms with Crippen LogP contribution in [-0.4, -0.2) is 18.2 Å². The Morgan fingerprint density at radius 3 is 2.36 bits per heavy atom. The molecule has 0 amide bonds. The second kappa shape index (κ2) is 4.48. The lowest BCUT2D eigenvalue weighted by Gasteiger charge is -2.10. The first-order chi connectivity index (χ1) is 5.25. The normalized spacial score (nSPS) is 9.82. The van der Waals surface area contributed by atoms with E-state index in [1.165, 1.54) is 5.56 Å². The van der Waals surface area contributed by atoms with Crippen molar-refractivity contribution in [2.45, 2.75) is 19.8 Å². The smallest absolute Gasteiger partial charge is 0.296 e. The summed E-state index contributed by atoms with van der Waals surface area (Å²) in [6.07, 6.45) is 0. The van der Waals surface area contributed by atoms with Gasteiger partial charge >= 0.3 is 18.2 Å². The minimum absolute atomic E-state index is 0.168. The van der Waals surface area contributed by atoms with Crippen LogP contribution in [0.1, 0.15) is 25.3 Å². The maximum atomic E-state index is 3.62. The molecule has 0 aliphatic carbocycles. The minimum Gasteiger partial charge on any atom is -0.296 e. The summed E-state index contributed by atoms with van der Waals surface area (Å²) in [5.41, 5.74) is 1.51. The van der Waals surface area contributed by atoms with Crippen molar-refractivity contribution in [2.75, 3.05) is 0 Å². The molecule has 11 heavy (non-hydrogen) atoms. The molecule has 0 nitrogen and oxygen atoms in total. The Bertz CT molecular complexity index is 233. The Morgan fingerprint density at radius 1 is 1.27 bits per heavy atom. The molecule has 0 heterocycles. The Hall–Kier alpha value is 0.466. The first-order valence-corrected chi connectivity index (χ1v) is 8.50. The van der Waals surface area contributed by atoms with Gasteiger partial charge in [0.1, 0.15) is 0 Å². The molecule has 0 atom stereocenters. The van der Waals surface area contributed by atoms with Gasteiger partial charge in [-0.05, 0) is 5.92 Å². The van der Waals surface area contributed by atoms with Gasteiger partial charge in [-0.1, -0.05) is 43.7 Å². The van der Waals surface area contributed by atoms with E-state index < -0.39 is 0 Å². The summed E-state index contributed by atoms with van der Waals surface area (Å²) in [6, 6.07) is 8.70. The van der Waals surface area contributed by atoms with Crippen molar-refractivity contribution >= 4 is 34.8 Å². The molecule has 0 N–H and O–H groups in total. The molecule has 0 radical (unpaired) electrons. The molecule has 0 aliphatic rings. The Kier molecular flexibility index (Phi) is 3.89. The zero-order valence-electron chi connectivity index (χ0n) is 6.97. The second-order valence-electron chi connectivity index (χ2n) is 2.99. The Balaban J connectivity index is 3.02. The molecule has 0 aromatic heterocycles. The molecule has 0 saturated carbocycles. The molecule has 1 rings (SSSR count). The highest BCUT2D eigenvalue weighted by Gasteiger charge is 2.04. The highest BCUT2D eigenvalue weighted by Crippen LogP contribution is 2.10. The summed E-state index contributed by atoms with van der Waals surface area (Å²) in [5.74, 6) is 0.663. The van der Waals surface area contributed by atoms with E-state index in [0.717, 1.165) is 0 Å². The maximum Gasteiger partial charge on any atom is 0.507 e. The average molecular weight is 223 g/mol. The predicted molar refractivity (Wildman–Crippen MR) is 54.8 cm³/mol. The quantitative estimate of drug-likeness (QED) is 0.676. The molecular weight excluding hydrogens is 212 g/mol.